The topological polar surface area (TPSA) is 84.0 Å². The monoisotopic (exact) mass is 298 g/mol. The first-order valence-electron chi connectivity index (χ1n) is 5.56. The molecule has 1 N–H and O–H groups in total. The lowest BCUT2D eigenvalue weighted by molar-refractivity contribution is 0.174. The van der Waals surface area contributed by atoms with Crippen LogP contribution >= 0.6 is 11.6 Å². The van der Waals surface area contributed by atoms with E-state index in [4.69, 9.17) is 21.5 Å². The minimum absolute atomic E-state index is 0.0191. The van der Waals surface area contributed by atoms with Crippen molar-refractivity contribution in [1.29, 1.82) is 0 Å². The summed E-state index contributed by atoms with van der Waals surface area (Å²) in [7, 11) is 0. The predicted molar refractivity (Wildman–Crippen MR) is 66.6 cm³/mol. The summed E-state index contributed by atoms with van der Waals surface area (Å²) in [5, 5.41) is 20.2. The van der Waals surface area contributed by atoms with Gasteiger partial charge in [0.1, 0.15) is 11.5 Å². The first-order chi connectivity index (χ1) is 9.70. The lowest BCUT2D eigenvalue weighted by Crippen LogP contribution is -2.29. The molecule has 0 bridgehead atoms. The molecule has 0 spiro atoms. The van der Waals surface area contributed by atoms with Gasteiger partial charge in [-0.25, -0.2) is 9.02 Å². The summed E-state index contributed by atoms with van der Waals surface area (Å²) in [5.74, 6) is -0.217. The predicted octanol–water partition coefficient (Wildman–Crippen LogP) is 1.51. The maximum absolute atomic E-state index is 13.2. The highest BCUT2D eigenvalue weighted by Gasteiger charge is 2.28. The Kier molecular flexibility index (Phi) is 3.25. The van der Waals surface area contributed by atoms with Gasteiger partial charge in [0.05, 0.1) is 11.6 Å². The standard InChI is InChI=1S/C11H8ClFN4O3/c12-7-3-6(1-2-8(7)13)17-5-19-16-11(17)10-9(4-18)14-20-15-10/h1-3,18H,4-5H2. The number of aliphatic hydroxyl groups is 1. The van der Waals surface area contributed by atoms with Crippen molar-refractivity contribution in [3.63, 3.8) is 0 Å². The number of hydrogen-bond donors (Lipinski definition) is 1. The van der Waals surface area contributed by atoms with E-state index in [1.807, 2.05) is 0 Å². The highest BCUT2D eigenvalue weighted by Crippen LogP contribution is 2.26. The maximum atomic E-state index is 13.2. The van der Waals surface area contributed by atoms with E-state index in [0.29, 0.717) is 11.5 Å². The second kappa shape index (κ2) is 5.06. The van der Waals surface area contributed by atoms with Crippen LogP contribution in [0.25, 0.3) is 0 Å². The largest absolute Gasteiger partial charge is 0.390 e. The van der Waals surface area contributed by atoms with Crippen molar-refractivity contribution >= 4 is 23.1 Å². The highest BCUT2D eigenvalue weighted by atomic mass is 35.5. The smallest absolute Gasteiger partial charge is 0.207 e. The van der Waals surface area contributed by atoms with E-state index in [0.717, 1.165) is 0 Å². The SMILES string of the molecule is OCc1nonc1C1=NOCN1c1ccc(F)c(Cl)c1. The number of benzene rings is 1. The van der Waals surface area contributed by atoms with Gasteiger partial charge in [0.15, 0.2) is 12.4 Å². The number of nitrogens with zero attached hydrogens (tertiary/aromatic N) is 4. The minimum atomic E-state index is -0.520. The van der Waals surface area contributed by atoms with Gasteiger partial charge < -0.3 is 9.94 Å². The molecule has 1 aliphatic rings. The maximum Gasteiger partial charge on any atom is 0.207 e. The van der Waals surface area contributed by atoms with Gasteiger partial charge in [-0.3, -0.25) is 4.90 Å². The molecule has 0 atom stereocenters. The summed E-state index contributed by atoms with van der Waals surface area (Å²) in [4.78, 5) is 6.60. The molecule has 1 aliphatic heterocycles. The van der Waals surface area contributed by atoms with Crippen LogP contribution in [0.5, 0.6) is 0 Å². The number of amidine groups is 1. The first-order valence-corrected chi connectivity index (χ1v) is 5.93. The van der Waals surface area contributed by atoms with Gasteiger partial charge in [0.25, 0.3) is 0 Å². The van der Waals surface area contributed by atoms with Gasteiger partial charge in [-0.2, -0.15) is 0 Å². The van der Waals surface area contributed by atoms with Crippen molar-refractivity contribution in [3.8, 4) is 0 Å². The molecule has 7 nitrogen and oxygen atoms in total. The van der Waals surface area contributed by atoms with Crippen LogP contribution in [0.2, 0.25) is 5.02 Å². The van der Waals surface area contributed by atoms with Gasteiger partial charge in [-0.05, 0) is 23.4 Å². The Morgan fingerprint density at radius 3 is 3.00 bits per heavy atom. The quantitative estimate of drug-likeness (QED) is 0.924. The molecule has 0 amide bonds. The van der Waals surface area contributed by atoms with Crippen molar-refractivity contribution in [2.24, 2.45) is 5.16 Å². The zero-order valence-corrected chi connectivity index (χ0v) is 10.7. The Bertz CT molecular complexity index is 675. The molecule has 0 radical (unpaired) electrons. The lowest BCUT2D eigenvalue weighted by atomic mass is 10.2. The number of oxime groups is 1. The van der Waals surface area contributed by atoms with Crippen molar-refractivity contribution < 1.29 is 19.0 Å². The molecule has 1 aromatic heterocycles. The van der Waals surface area contributed by atoms with E-state index in [2.05, 4.69) is 20.1 Å². The second-order valence-electron chi connectivity index (χ2n) is 3.92. The van der Waals surface area contributed by atoms with E-state index < -0.39 is 5.82 Å². The van der Waals surface area contributed by atoms with Crippen LogP contribution in [0.15, 0.2) is 28.0 Å². The molecule has 0 saturated carbocycles. The number of halogens is 2. The average Bonchev–Trinajstić information content (AvgIpc) is 3.08. The van der Waals surface area contributed by atoms with Crippen LogP contribution in [-0.2, 0) is 11.4 Å². The molecule has 2 aromatic rings. The highest BCUT2D eigenvalue weighted by molar-refractivity contribution is 6.31. The van der Waals surface area contributed by atoms with E-state index in [1.165, 1.54) is 18.2 Å². The number of hydrogen-bond acceptors (Lipinski definition) is 7. The molecule has 9 heteroatoms. The molecular formula is C11H8ClFN4O3. The molecule has 1 aromatic carbocycles. The Labute approximate surface area is 117 Å². The van der Waals surface area contributed by atoms with E-state index in [1.54, 1.807) is 4.90 Å². The number of aliphatic hydroxyl groups excluding tert-OH is 1. The third-order valence-electron chi connectivity index (χ3n) is 2.73. The summed E-state index contributed by atoms with van der Waals surface area (Å²) in [6.07, 6.45) is 0. The third-order valence-corrected chi connectivity index (χ3v) is 3.02. The fraction of sp³-hybridized carbons (Fsp3) is 0.182. The van der Waals surface area contributed by atoms with Gasteiger partial charge in [-0.15, -0.1) is 0 Å². The van der Waals surface area contributed by atoms with Crippen LogP contribution in [0, 0.1) is 5.82 Å². The molecule has 0 unspecified atom stereocenters. The summed E-state index contributed by atoms with van der Waals surface area (Å²) >= 11 is 5.75. The average molecular weight is 299 g/mol. The fourth-order valence-electron chi connectivity index (χ4n) is 1.76. The molecule has 20 heavy (non-hydrogen) atoms. The van der Waals surface area contributed by atoms with Gasteiger partial charge in [0, 0.05) is 5.69 Å². The van der Waals surface area contributed by atoms with Crippen LogP contribution in [0.4, 0.5) is 10.1 Å². The summed E-state index contributed by atoms with van der Waals surface area (Å²) < 4.78 is 17.8. The van der Waals surface area contributed by atoms with Crippen LogP contribution < -0.4 is 4.90 Å². The van der Waals surface area contributed by atoms with E-state index >= 15 is 0 Å². The van der Waals surface area contributed by atoms with Crippen LogP contribution in [0.3, 0.4) is 0 Å². The van der Waals surface area contributed by atoms with Crippen LogP contribution in [0.1, 0.15) is 11.4 Å². The summed E-state index contributed by atoms with van der Waals surface area (Å²) in [6, 6.07) is 4.20. The van der Waals surface area contributed by atoms with Crippen LogP contribution in [-0.4, -0.2) is 28.0 Å². The molecule has 104 valence electrons. The molecule has 2 heterocycles. The fourth-order valence-corrected chi connectivity index (χ4v) is 1.93. The molecular weight excluding hydrogens is 291 g/mol. The Hall–Kier alpha value is -2.19. The van der Waals surface area contributed by atoms with Crippen molar-refractivity contribution in [2.45, 2.75) is 6.61 Å². The normalized spacial score (nSPS) is 14.3. The summed E-state index contributed by atoms with van der Waals surface area (Å²) in [6.45, 7) is -0.245. The van der Waals surface area contributed by atoms with E-state index in [-0.39, 0.29) is 29.7 Å². The number of anilines is 1. The summed E-state index contributed by atoms with van der Waals surface area (Å²) in [5.41, 5.74) is 1.05. The third kappa shape index (κ3) is 2.08. The van der Waals surface area contributed by atoms with Gasteiger partial charge >= 0.3 is 0 Å². The van der Waals surface area contributed by atoms with E-state index in [9.17, 15) is 4.39 Å². The zero-order chi connectivity index (χ0) is 14.1. The first kappa shape index (κ1) is 12.8. The van der Waals surface area contributed by atoms with Gasteiger partial charge in [-0.1, -0.05) is 21.9 Å². The van der Waals surface area contributed by atoms with Gasteiger partial charge in [0.2, 0.25) is 5.84 Å². The Morgan fingerprint density at radius 1 is 1.40 bits per heavy atom. The molecule has 0 aliphatic carbocycles. The lowest BCUT2D eigenvalue weighted by Gasteiger charge is -2.16. The zero-order valence-electron chi connectivity index (χ0n) is 9.95. The number of rotatable bonds is 3. The molecule has 3 rings (SSSR count). The van der Waals surface area contributed by atoms with Crippen molar-refractivity contribution in [3.05, 3.63) is 40.4 Å². The second-order valence-corrected chi connectivity index (χ2v) is 4.32. The molecule has 0 fully saturated rings. The Balaban J connectivity index is 1.98. The Morgan fingerprint density at radius 2 is 2.25 bits per heavy atom. The van der Waals surface area contributed by atoms with Crippen molar-refractivity contribution in [2.75, 3.05) is 11.6 Å². The molecule has 0 saturated heterocycles. The van der Waals surface area contributed by atoms with Crippen molar-refractivity contribution in [1.82, 2.24) is 10.3 Å². The number of aromatic nitrogens is 2. The minimum Gasteiger partial charge on any atom is -0.390 e.